The van der Waals surface area contributed by atoms with Crippen LogP contribution in [-0.4, -0.2) is 21.0 Å². The van der Waals surface area contributed by atoms with Crippen molar-refractivity contribution in [3.63, 3.8) is 0 Å². The maximum atomic E-state index is 11.3. The predicted molar refractivity (Wildman–Crippen MR) is 77.5 cm³/mol. The molecule has 0 unspecified atom stereocenters. The third-order valence-corrected chi connectivity index (χ3v) is 3.18. The number of hydrogen-bond acceptors (Lipinski definition) is 5. The first-order chi connectivity index (χ1) is 9.95. The van der Waals surface area contributed by atoms with Gasteiger partial charge in [0, 0.05) is 6.07 Å². The van der Waals surface area contributed by atoms with Crippen LogP contribution < -0.4 is 4.74 Å². The number of benzene rings is 1. The molecule has 2 rings (SSSR count). The fourth-order valence-electron chi connectivity index (χ4n) is 1.35. The number of ether oxygens (including phenoxy) is 2. The summed E-state index contributed by atoms with van der Waals surface area (Å²) < 4.78 is 11.8. The molecule has 1 aromatic heterocycles. The molecule has 1 heterocycles. The number of hydrogen-bond donors (Lipinski definition) is 0. The summed E-state index contributed by atoms with van der Waals surface area (Å²) in [4.78, 5) is 11.3. The van der Waals surface area contributed by atoms with E-state index in [2.05, 4.69) is 10.3 Å². The molecule has 112 valence electrons. The second kappa shape index (κ2) is 6.78. The van der Waals surface area contributed by atoms with E-state index in [1.165, 1.54) is 10.9 Å². The van der Waals surface area contributed by atoms with Crippen LogP contribution in [0.1, 0.15) is 13.8 Å². The van der Waals surface area contributed by atoms with Gasteiger partial charge in [0.25, 0.3) is 5.88 Å². The van der Waals surface area contributed by atoms with Crippen LogP contribution in [0.4, 0.5) is 0 Å². The highest BCUT2D eigenvalue weighted by Crippen LogP contribution is 2.28. The number of rotatable bonds is 5. The molecule has 0 aliphatic heterocycles. The first kappa shape index (κ1) is 15.6. The first-order valence-corrected chi connectivity index (χ1v) is 6.91. The monoisotopic (exact) mass is 329 g/mol. The Labute approximate surface area is 131 Å². The summed E-state index contributed by atoms with van der Waals surface area (Å²) in [5.41, 5.74) is 0. The van der Waals surface area contributed by atoms with Gasteiger partial charge in [-0.05, 0) is 12.1 Å². The number of esters is 1. The number of carbonyl (C=O) groups is 1. The summed E-state index contributed by atoms with van der Waals surface area (Å²) in [5.74, 6) is 0.238. The van der Waals surface area contributed by atoms with E-state index in [0.29, 0.717) is 15.8 Å². The molecule has 0 bridgehead atoms. The molecule has 0 atom stereocenters. The van der Waals surface area contributed by atoms with Gasteiger partial charge >= 0.3 is 5.97 Å². The molecular weight excluding hydrogens is 317 g/mol. The minimum atomic E-state index is -0.308. The Morgan fingerprint density at radius 2 is 2.10 bits per heavy atom. The Morgan fingerprint density at radius 1 is 1.33 bits per heavy atom. The molecule has 21 heavy (non-hydrogen) atoms. The standard InChI is InChI=1S/C13H13Cl2N3O3/c1-8(2)13(19)20-7-18-6-12(16-17-18)21-9-3-4-10(14)11(15)5-9/h3-6,8H,7H2,1-2H3. The van der Waals surface area contributed by atoms with E-state index < -0.39 is 0 Å². The smallest absolute Gasteiger partial charge is 0.310 e. The molecule has 2 aromatic rings. The van der Waals surface area contributed by atoms with E-state index in [9.17, 15) is 4.79 Å². The van der Waals surface area contributed by atoms with Gasteiger partial charge in [-0.25, -0.2) is 4.68 Å². The highest BCUT2D eigenvalue weighted by atomic mass is 35.5. The number of nitrogens with zero attached hydrogens (tertiary/aromatic N) is 3. The van der Waals surface area contributed by atoms with Gasteiger partial charge in [0.1, 0.15) is 5.75 Å². The molecular formula is C13H13Cl2N3O3. The molecule has 0 aliphatic rings. The Hall–Kier alpha value is -1.79. The van der Waals surface area contributed by atoms with Crippen molar-refractivity contribution < 1.29 is 14.3 Å². The largest absolute Gasteiger partial charge is 0.442 e. The lowest BCUT2D eigenvalue weighted by molar-refractivity contribution is -0.151. The highest BCUT2D eigenvalue weighted by molar-refractivity contribution is 6.42. The minimum absolute atomic E-state index is 0.0191. The van der Waals surface area contributed by atoms with Crippen molar-refractivity contribution in [2.45, 2.75) is 20.6 Å². The van der Waals surface area contributed by atoms with Gasteiger partial charge in [-0.15, -0.1) is 0 Å². The molecule has 0 N–H and O–H groups in total. The summed E-state index contributed by atoms with van der Waals surface area (Å²) in [5, 5.41) is 8.42. The Bertz CT molecular complexity index is 643. The van der Waals surface area contributed by atoms with Gasteiger partial charge in [-0.1, -0.05) is 47.4 Å². The minimum Gasteiger partial charge on any atom is -0.442 e. The molecule has 0 radical (unpaired) electrons. The van der Waals surface area contributed by atoms with Crippen molar-refractivity contribution in [2.75, 3.05) is 0 Å². The normalized spacial score (nSPS) is 10.7. The second-order valence-corrected chi connectivity index (χ2v) is 5.34. The van der Waals surface area contributed by atoms with E-state index in [1.807, 2.05) is 0 Å². The van der Waals surface area contributed by atoms with Crippen molar-refractivity contribution in [3.8, 4) is 11.6 Å². The average molecular weight is 330 g/mol. The van der Waals surface area contributed by atoms with Gasteiger partial charge in [-0.2, -0.15) is 0 Å². The molecule has 6 nitrogen and oxygen atoms in total. The molecule has 8 heteroatoms. The summed E-state index contributed by atoms with van der Waals surface area (Å²) in [6.45, 7) is 3.49. The number of aromatic nitrogens is 3. The summed E-state index contributed by atoms with van der Waals surface area (Å²) in [6.07, 6.45) is 1.51. The van der Waals surface area contributed by atoms with Crippen molar-refractivity contribution in [3.05, 3.63) is 34.4 Å². The topological polar surface area (TPSA) is 66.2 Å². The van der Waals surface area contributed by atoms with Crippen LogP contribution in [0.15, 0.2) is 24.4 Å². The average Bonchev–Trinajstić information content (AvgIpc) is 2.87. The Morgan fingerprint density at radius 3 is 2.76 bits per heavy atom. The lowest BCUT2D eigenvalue weighted by Gasteiger charge is -2.05. The molecule has 1 aromatic carbocycles. The van der Waals surface area contributed by atoms with Gasteiger partial charge in [0.2, 0.25) is 0 Å². The summed E-state index contributed by atoms with van der Waals surface area (Å²) >= 11 is 11.7. The van der Waals surface area contributed by atoms with Gasteiger partial charge < -0.3 is 9.47 Å². The maximum Gasteiger partial charge on any atom is 0.310 e. The first-order valence-electron chi connectivity index (χ1n) is 6.15. The summed E-state index contributed by atoms with van der Waals surface area (Å²) in [6, 6.07) is 4.85. The zero-order valence-corrected chi connectivity index (χ0v) is 12.9. The maximum absolute atomic E-state index is 11.3. The van der Waals surface area contributed by atoms with Gasteiger partial charge in [-0.3, -0.25) is 4.79 Å². The molecule has 0 saturated carbocycles. The fourth-order valence-corrected chi connectivity index (χ4v) is 1.64. The Kier molecular flexibility index (Phi) is 5.03. The van der Waals surface area contributed by atoms with Crippen molar-refractivity contribution in [1.82, 2.24) is 15.0 Å². The Balaban J connectivity index is 1.96. The zero-order valence-electron chi connectivity index (χ0n) is 11.4. The second-order valence-electron chi connectivity index (χ2n) is 4.52. The van der Waals surface area contributed by atoms with Crippen LogP contribution >= 0.6 is 23.2 Å². The van der Waals surface area contributed by atoms with Crippen LogP contribution in [0, 0.1) is 5.92 Å². The van der Waals surface area contributed by atoms with Crippen LogP contribution in [0.3, 0.4) is 0 Å². The predicted octanol–water partition coefficient (Wildman–Crippen LogP) is 3.53. The molecule has 0 amide bonds. The molecule has 0 spiro atoms. The fraction of sp³-hybridized carbons (Fsp3) is 0.308. The SMILES string of the molecule is CC(C)C(=O)OCn1cc(Oc2ccc(Cl)c(Cl)c2)nn1. The third kappa shape index (κ3) is 4.34. The summed E-state index contributed by atoms with van der Waals surface area (Å²) in [7, 11) is 0. The van der Waals surface area contributed by atoms with E-state index in [0.717, 1.165) is 0 Å². The lowest BCUT2D eigenvalue weighted by atomic mass is 10.2. The zero-order chi connectivity index (χ0) is 15.4. The van der Waals surface area contributed by atoms with Crippen molar-refractivity contribution >= 4 is 29.2 Å². The highest BCUT2D eigenvalue weighted by Gasteiger charge is 2.10. The van der Waals surface area contributed by atoms with E-state index in [-0.39, 0.29) is 24.5 Å². The molecule has 0 fully saturated rings. The van der Waals surface area contributed by atoms with Gasteiger partial charge in [0.15, 0.2) is 6.73 Å². The van der Waals surface area contributed by atoms with Gasteiger partial charge in [0.05, 0.1) is 22.2 Å². The van der Waals surface area contributed by atoms with Crippen LogP contribution in [-0.2, 0) is 16.3 Å². The quantitative estimate of drug-likeness (QED) is 0.785. The van der Waals surface area contributed by atoms with Crippen molar-refractivity contribution in [2.24, 2.45) is 5.92 Å². The van der Waals surface area contributed by atoms with Crippen LogP contribution in [0.5, 0.6) is 11.6 Å². The molecule has 0 saturated heterocycles. The molecule has 0 aliphatic carbocycles. The number of halogens is 2. The van der Waals surface area contributed by atoms with E-state index in [1.54, 1.807) is 32.0 Å². The lowest BCUT2D eigenvalue weighted by Crippen LogP contribution is -2.14. The van der Waals surface area contributed by atoms with Crippen LogP contribution in [0.2, 0.25) is 10.0 Å². The van der Waals surface area contributed by atoms with E-state index >= 15 is 0 Å². The van der Waals surface area contributed by atoms with Crippen LogP contribution in [0.25, 0.3) is 0 Å². The van der Waals surface area contributed by atoms with Crippen molar-refractivity contribution in [1.29, 1.82) is 0 Å². The van der Waals surface area contributed by atoms with E-state index in [4.69, 9.17) is 32.7 Å². The number of carbonyl (C=O) groups excluding carboxylic acids is 1. The third-order valence-electron chi connectivity index (χ3n) is 2.44.